The number of hydrogen-bond donors (Lipinski definition) is 18. The van der Waals surface area contributed by atoms with Gasteiger partial charge in [0.15, 0.2) is 0 Å². The summed E-state index contributed by atoms with van der Waals surface area (Å²) in [7, 11) is 5.85. The van der Waals surface area contributed by atoms with Crippen molar-refractivity contribution in [2.45, 2.75) is 159 Å². The van der Waals surface area contributed by atoms with Crippen LogP contribution in [0, 0.1) is 0 Å². The zero-order valence-electron chi connectivity index (χ0n) is 40.3. The number of amides is 8. The Kier molecular flexibility index (Phi) is 29.4. The molecule has 10 atom stereocenters. The third-order valence-electron chi connectivity index (χ3n) is 10.2. The summed E-state index contributed by atoms with van der Waals surface area (Å²) in [5.74, 6) is -8.78. The SMILES string of the molecule is C[C@H](N)C(=O)N[C@@H](CCCNC(N)N)C(=O)N[C@H](C(=O)N[C@@H](CCCC[N+](C)(C)C)C(=O)N[C@@H](CCC(N)=O)C(=O)N[C@H](C(=O)N[C@@H](C)C(=O)N[C@@H](CCCNC(N)N)C(=O)O)[C@@H](C)O)[C@@H](C)O. The molecular weight excluding hydrogens is 897 g/mol. The lowest BCUT2D eigenvalue weighted by Gasteiger charge is -2.29. The Labute approximate surface area is 397 Å². The standard InChI is InChI=1S/C40H80N16O12/c1-20(41)31(60)50-25(13-10-17-47-39(43)44)34(63)55-30(23(4)58)37(66)52-24(12-8-9-19-56(5,6)7)33(62)51-26(15-16-28(42)59)35(64)54-29(22(3)57)36(65)49-21(2)32(61)53-27(38(67)68)14-11-18-48-40(45)46/h20-27,29-30,39-40,47-48,57-58H,8-19,41,43-46H2,1-7H3,(H9-,42,49,50,51,52,53,54,55,59,60,61,62,63,64,65,66,67,68)/p+1/t20-,21-,22+,23+,24-,25-,26-,27-,29-,30-/m0/s1. The molecule has 0 aromatic rings. The molecule has 0 aliphatic rings. The van der Waals surface area contributed by atoms with Crippen LogP contribution in [0.3, 0.4) is 0 Å². The smallest absolute Gasteiger partial charge is 0.326 e. The summed E-state index contributed by atoms with van der Waals surface area (Å²) in [5, 5.41) is 53.2. The molecule has 0 aliphatic carbocycles. The van der Waals surface area contributed by atoms with Crippen molar-refractivity contribution >= 4 is 53.2 Å². The van der Waals surface area contributed by atoms with E-state index in [0.717, 1.165) is 6.92 Å². The summed E-state index contributed by atoms with van der Waals surface area (Å²) in [4.78, 5) is 118. The normalized spacial score (nSPS) is 16.1. The van der Waals surface area contributed by atoms with Crippen molar-refractivity contribution in [1.29, 1.82) is 0 Å². The van der Waals surface area contributed by atoms with Gasteiger partial charge in [0.2, 0.25) is 47.3 Å². The van der Waals surface area contributed by atoms with Crippen LogP contribution in [0.15, 0.2) is 0 Å². The zero-order chi connectivity index (χ0) is 52.5. The Morgan fingerprint density at radius 3 is 1.28 bits per heavy atom. The van der Waals surface area contributed by atoms with Crippen LogP contribution in [0.25, 0.3) is 0 Å². The number of rotatable bonds is 35. The number of hydrogen-bond acceptors (Lipinski definition) is 18. The highest BCUT2D eigenvalue weighted by molar-refractivity contribution is 5.98. The zero-order valence-corrected chi connectivity index (χ0v) is 40.3. The van der Waals surface area contributed by atoms with E-state index < -0.39 is 139 Å². The monoisotopic (exact) mass is 978 g/mol. The number of carboxylic acid groups (broad SMARTS) is 1. The number of primary amides is 1. The second kappa shape index (κ2) is 31.8. The van der Waals surface area contributed by atoms with Gasteiger partial charge in [0.05, 0.1) is 45.9 Å². The summed E-state index contributed by atoms with van der Waals surface area (Å²) in [6.45, 7) is 6.16. The molecule has 0 spiro atoms. The first-order chi connectivity index (χ1) is 31.5. The minimum Gasteiger partial charge on any atom is -0.480 e. The first-order valence-corrected chi connectivity index (χ1v) is 22.5. The van der Waals surface area contributed by atoms with Gasteiger partial charge in [-0.05, 0) is 92.2 Å². The molecule has 24 N–H and O–H groups in total. The van der Waals surface area contributed by atoms with E-state index in [1.165, 1.54) is 20.8 Å². The van der Waals surface area contributed by atoms with Crippen LogP contribution in [0.1, 0.15) is 85.5 Å². The van der Waals surface area contributed by atoms with Crippen LogP contribution in [0.5, 0.6) is 0 Å². The fraction of sp³-hybridized carbons (Fsp3) is 0.775. The topological polar surface area (TPSA) is 479 Å². The second-order valence-corrected chi connectivity index (χ2v) is 17.8. The van der Waals surface area contributed by atoms with Crippen LogP contribution in [0.2, 0.25) is 0 Å². The van der Waals surface area contributed by atoms with E-state index in [4.69, 9.17) is 34.4 Å². The summed E-state index contributed by atoms with van der Waals surface area (Å²) < 4.78 is 0.568. The first-order valence-electron chi connectivity index (χ1n) is 22.5. The van der Waals surface area contributed by atoms with Crippen LogP contribution >= 0.6 is 0 Å². The Hall–Kier alpha value is -5.17. The van der Waals surface area contributed by atoms with Gasteiger partial charge in [-0.25, -0.2) is 4.79 Å². The number of carbonyl (C=O) groups excluding carboxylic acids is 8. The fourth-order valence-corrected chi connectivity index (χ4v) is 6.26. The number of aliphatic hydroxyl groups is 2. The van der Waals surface area contributed by atoms with Gasteiger partial charge < -0.3 is 91.4 Å². The fourth-order valence-electron chi connectivity index (χ4n) is 6.26. The van der Waals surface area contributed by atoms with E-state index >= 15 is 0 Å². The van der Waals surface area contributed by atoms with E-state index in [-0.39, 0.29) is 45.2 Å². The number of quaternary nitrogens is 1. The average Bonchev–Trinajstić information content (AvgIpc) is 3.21. The maximum absolute atomic E-state index is 14.1. The third-order valence-corrected chi connectivity index (χ3v) is 10.2. The number of carboxylic acids is 1. The summed E-state index contributed by atoms with van der Waals surface area (Å²) in [6.07, 6.45) is -4.24. The second-order valence-electron chi connectivity index (χ2n) is 17.8. The molecule has 392 valence electrons. The predicted molar refractivity (Wildman–Crippen MR) is 248 cm³/mol. The highest BCUT2D eigenvalue weighted by Gasteiger charge is 2.36. The van der Waals surface area contributed by atoms with Crippen molar-refractivity contribution in [1.82, 2.24) is 47.9 Å². The Bertz CT molecular complexity index is 1650. The number of nitrogens with one attached hydrogen (secondary N) is 9. The Morgan fingerprint density at radius 2 is 0.868 bits per heavy atom. The average molecular weight is 978 g/mol. The maximum atomic E-state index is 14.1. The highest BCUT2D eigenvalue weighted by atomic mass is 16.4. The van der Waals surface area contributed by atoms with Gasteiger partial charge in [0.1, 0.15) is 54.9 Å². The lowest BCUT2D eigenvalue weighted by Crippen LogP contribution is -2.62. The minimum absolute atomic E-state index is 0.0217. The molecule has 68 heavy (non-hydrogen) atoms. The number of aliphatic carboxylic acids is 1. The van der Waals surface area contributed by atoms with Crippen LogP contribution in [-0.4, -0.2) is 187 Å². The molecule has 28 heteroatoms. The molecule has 8 amide bonds. The van der Waals surface area contributed by atoms with Crippen molar-refractivity contribution in [2.24, 2.45) is 34.4 Å². The predicted octanol–water partition coefficient (Wildman–Crippen LogP) is -8.12. The first kappa shape index (κ1) is 62.8. The molecule has 0 saturated carbocycles. The van der Waals surface area contributed by atoms with Crippen molar-refractivity contribution in [3.63, 3.8) is 0 Å². The quantitative estimate of drug-likeness (QED) is 0.0159. The minimum atomic E-state index is -1.76. The van der Waals surface area contributed by atoms with Gasteiger partial charge in [-0.15, -0.1) is 0 Å². The number of nitrogens with zero attached hydrogens (tertiary/aromatic N) is 1. The molecule has 0 aromatic carbocycles. The van der Waals surface area contributed by atoms with Gasteiger partial charge >= 0.3 is 5.97 Å². The van der Waals surface area contributed by atoms with Crippen LogP contribution < -0.4 is 82.3 Å². The number of aliphatic hydroxyl groups excluding tert-OH is 2. The van der Waals surface area contributed by atoms with Gasteiger partial charge in [-0.1, -0.05) is 0 Å². The number of unbranched alkanes of at least 4 members (excludes halogenated alkanes) is 1. The van der Waals surface area contributed by atoms with E-state index in [2.05, 4.69) is 47.9 Å². The Balaban J connectivity index is 6.45. The van der Waals surface area contributed by atoms with E-state index in [1.54, 1.807) is 0 Å². The molecular formula is C40H81N16O12+. The molecule has 0 unspecified atom stereocenters. The van der Waals surface area contributed by atoms with Crippen molar-refractivity contribution < 1.29 is 63.0 Å². The molecule has 0 rings (SSSR count). The third kappa shape index (κ3) is 27.0. The molecule has 0 bridgehead atoms. The molecule has 0 radical (unpaired) electrons. The molecule has 0 fully saturated rings. The van der Waals surface area contributed by atoms with Crippen LogP contribution in [0.4, 0.5) is 0 Å². The summed E-state index contributed by atoms with van der Waals surface area (Å²) >= 11 is 0. The molecule has 28 nitrogen and oxygen atoms in total. The van der Waals surface area contributed by atoms with Gasteiger partial charge in [-0.3, -0.25) is 49.0 Å². The maximum Gasteiger partial charge on any atom is 0.326 e. The largest absolute Gasteiger partial charge is 0.480 e. The van der Waals surface area contributed by atoms with Gasteiger partial charge in [0, 0.05) is 6.42 Å². The molecule has 0 heterocycles. The van der Waals surface area contributed by atoms with Gasteiger partial charge in [0.25, 0.3) is 0 Å². The molecule has 0 aliphatic heterocycles. The molecule has 0 aromatic heterocycles. The van der Waals surface area contributed by atoms with Crippen molar-refractivity contribution in [2.75, 3.05) is 40.8 Å². The molecule has 0 saturated heterocycles. The van der Waals surface area contributed by atoms with Crippen molar-refractivity contribution in [3.05, 3.63) is 0 Å². The van der Waals surface area contributed by atoms with E-state index in [1.807, 2.05) is 21.1 Å². The lowest BCUT2D eigenvalue weighted by molar-refractivity contribution is -0.870. The Morgan fingerprint density at radius 1 is 0.485 bits per heavy atom. The summed E-state index contributed by atoms with van der Waals surface area (Å²) in [6, 6.07) is -11.4. The van der Waals surface area contributed by atoms with Crippen LogP contribution in [-0.2, 0) is 43.2 Å². The van der Waals surface area contributed by atoms with E-state index in [9.17, 15) is 58.5 Å². The lowest BCUT2D eigenvalue weighted by atomic mass is 10.0. The van der Waals surface area contributed by atoms with Gasteiger partial charge in [-0.2, -0.15) is 0 Å². The van der Waals surface area contributed by atoms with Crippen molar-refractivity contribution in [3.8, 4) is 0 Å². The number of carbonyl (C=O) groups is 9. The number of nitrogens with two attached hydrogens (primary N) is 6. The highest BCUT2D eigenvalue weighted by Crippen LogP contribution is 2.10. The summed E-state index contributed by atoms with van der Waals surface area (Å²) in [5.41, 5.74) is 32.9. The van der Waals surface area contributed by atoms with E-state index in [0.29, 0.717) is 23.9 Å².